The Hall–Kier alpha value is -3.08. The Labute approximate surface area is 212 Å². The molecule has 36 heavy (non-hydrogen) atoms. The van der Waals surface area contributed by atoms with Crippen LogP contribution in [0, 0.1) is 5.92 Å². The van der Waals surface area contributed by atoms with Crippen molar-refractivity contribution >= 4 is 33.9 Å². The second kappa shape index (κ2) is 10.5. The fourth-order valence-corrected chi connectivity index (χ4v) is 6.63. The SMILES string of the molecule is O=C(NCc1ccn2ccnc2c1)Nc1ccc(C2CCN(C(=O)C3CCS(O)(O)CC3)CC2)cc1. The highest BCUT2D eigenvalue weighted by molar-refractivity contribution is 8.24. The molecule has 2 aliphatic heterocycles. The molecule has 3 amide bonds. The number of likely N-dealkylation sites (tertiary alicyclic amines) is 1. The lowest BCUT2D eigenvalue weighted by molar-refractivity contribution is -0.136. The van der Waals surface area contributed by atoms with E-state index in [0.717, 1.165) is 42.8 Å². The summed E-state index contributed by atoms with van der Waals surface area (Å²) in [6.07, 6.45) is 8.49. The van der Waals surface area contributed by atoms with Gasteiger partial charge in [0.25, 0.3) is 0 Å². The van der Waals surface area contributed by atoms with Crippen LogP contribution in [0.4, 0.5) is 10.5 Å². The summed E-state index contributed by atoms with van der Waals surface area (Å²) >= 11 is 0. The third-order valence-corrected chi connectivity index (χ3v) is 9.08. The number of urea groups is 1. The summed E-state index contributed by atoms with van der Waals surface area (Å²) in [5, 5.41) is 5.76. The molecular formula is C26H33N5O4S. The minimum atomic E-state index is -2.46. The number of piperidine rings is 1. The maximum Gasteiger partial charge on any atom is 0.319 e. The van der Waals surface area contributed by atoms with Crippen LogP contribution in [0.1, 0.15) is 42.7 Å². The zero-order chi connectivity index (χ0) is 25.1. The van der Waals surface area contributed by atoms with Crippen molar-refractivity contribution < 1.29 is 18.7 Å². The minimum Gasteiger partial charge on any atom is -0.342 e. The van der Waals surface area contributed by atoms with Crippen molar-refractivity contribution in [2.45, 2.75) is 38.1 Å². The van der Waals surface area contributed by atoms with Crippen LogP contribution in [0.5, 0.6) is 0 Å². The van der Waals surface area contributed by atoms with E-state index >= 15 is 0 Å². The molecule has 10 heteroatoms. The average Bonchev–Trinajstić information content (AvgIpc) is 3.36. The molecule has 2 aromatic heterocycles. The third kappa shape index (κ3) is 5.83. The molecule has 4 N–H and O–H groups in total. The number of pyridine rings is 1. The average molecular weight is 512 g/mol. The smallest absolute Gasteiger partial charge is 0.319 e. The van der Waals surface area contributed by atoms with E-state index in [1.807, 2.05) is 46.0 Å². The number of benzene rings is 1. The van der Waals surface area contributed by atoms with Gasteiger partial charge in [-0.05, 0) is 67.0 Å². The van der Waals surface area contributed by atoms with Crippen molar-refractivity contribution in [1.29, 1.82) is 0 Å². The molecule has 2 fully saturated rings. The van der Waals surface area contributed by atoms with Crippen molar-refractivity contribution in [3.05, 3.63) is 66.1 Å². The lowest BCUT2D eigenvalue weighted by atomic mass is 9.88. The highest BCUT2D eigenvalue weighted by atomic mass is 32.3. The molecule has 5 rings (SSSR count). The molecule has 0 unspecified atom stereocenters. The van der Waals surface area contributed by atoms with E-state index < -0.39 is 10.6 Å². The zero-order valence-electron chi connectivity index (χ0n) is 20.2. The molecule has 0 radical (unpaired) electrons. The van der Waals surface area contributed by atoms with Gasteiger partial charge in [-0.15, -0.1) is 0 Å². The van der Waals surface area contributed by atoms with Crippen LogP contribution in [-0.2, 0) is 11.3 Å². The number of nitrogens with one attached hydrogen (secondary N) is 2. The number of fused-ring (bicyclic) bond motifs is 1. The zero-order valence-corrected chi connectivity index (χ0v) is 21.0. The van der Waals surface area contributed by atoms with Crippen LogP contribution < -0.4 is 10.6 Å². The summed E-state index contributed by atoms with van der Waals surface area (Å²) in [6.45, 7) is 1.86. The van der Waals surface area contributed by atoms with Gasteiger partial charge in [0, 0.05) is 61.3 Å². The largest absolute Gasteiger partial charge is 0.342 e. The molecule has 9 nitrogen and oxygen atoms in total. The van der Waals surface area contributed by atoms with Gasteiger partial charge in [-0.2, -0.15) is 10.6 Å². The van der Waals surface area contributed by atoms with Crippen molar-refractivity contribution in [3.8, 4) is 0 Å². The lowest BCUT2D eigenvalue weighted by Crippen LogP contribution is -2.43. The van der Waals surface area contributed by atoms with Crippen LogP contribution in [-0.4, -0.2) is 59.9 Å². The standard InChI is InChI=1S/C26H33N5O4S/c32-25(22-8-15-36(34,35)16-9-22)31-12-6-21(7-13-31)20-1-3-23(4-2-20)29-26(33)28-18-19-5-11-30-14-10-27-24(30)17-19/h1-5,10-11,14,17,21-22,34-35H,6-9,12-13,15-16,18H2,(H2,28,29,33). The number of imidazole rings is 1. The van der Waals surface area contributed by atoms with Crippen LogP contribution in [0.25, 0.3) is 5.65 Å². The molecule has 4 heterocycles. The van der Waals surface area contributed by atoms with E-state index in [1.54, 1.807) is 6.20 Å². The van der Waals surface area contributed by atoms with Crippen molar-refractivity contribution in [3.63, 3.8) is 0 Å². The Bertz CT molecular complexity index is 1210. The van der Waals surface area contributed by atoms with Gasteiger partial charge in [-0.3, -0.25) is 13.9 Å². The van der Waals surface area contributed by atoms with Crippen molar-refractivity contribution in [2.75, 3.05) is 29.9 Å². The number of aromatic nitrogens is 2. The number of hydrogen-bond donors (Lipinski definition) is 4. The molecular weight excluding hydrogens is 478 g/mol. The van der Waals surface area contributed by atoms with Crippen LogP contribution >= 0.6 is 10.6 Å². The van der Waals surface area contributed by atoms with E-state index in [0.29, 0.717) is 36.8 Å². The first-order chi connectivity index (χ1) is 17.4. The summed E-state index contributed by atoms with van der Waals surface area (Å²) in [6, 6.07) is 11.6. The highest BCUT2D eigenvalue weighted by Crippen LogP contribution is 2.46. The Balaban J connectivity index is 1.07. The molecule has 192 valence electrons. The maximum atomic E-state index is 12.9. The first kappa shape index (κ1) is 24.6. The third-order valence-electron chi connectivity index (χ3n) is 7.30. The molecule has 0 bridgehead atoms. The second-order valence-electron chi connectivity index (χ2n) is 9.74. The number of carbonyl (C=O) groups excluding carboxylic acids is 2. The predicted octanol–water partition coefficient (Wildman–Crippen LogP) is 4.52. The van der Waals surface area contributed by atoms with Crippen LogP contribution in [0.2, 0.25) is 0 Å². The summed E-state index contributed by atoms with van der Waals surface area (Å²) in [7, 11) is -2.46. The number of rotatable bonds is 5. The van der Waals surface area contributed by atoms with Crippen LogP contribution in [0.15, 0.2) is 55.0 Å². The quantitative estimate of drug-likeness (QED) is 0.402. The Morgan fingerprint density at radius 2 is 1.72 bits per heavy atom. The normalized spacial score (nSPS) is 19.7. The van der Waals surface area contributed by atoms with Gasteiger partial charge in [0.15, 0.2) is 0 Å². The van der Waals surface area contributed by atoms with Gasteiger partial charge in [0.1, 0.15) is 5.65 Å². The van der Waals surface area contributed by atoms with Gasteiger partial charge in [0.2, 0.25) is 5.91 Å². The summed E-state index contributed by atoms with van der Waals surface area (Å²) in [4.78, 5) is 31.4. The van der Waals surface area contributed by atoms with Gasteiger partial charge in [0.05, 0.1) is 0 Å². The summed E-state index contributed by atoms with van der Waals surface area (Å²) < 4.78 is 21.5. The van der Waals surface area contributed by atoms with Crippen LogP contribution in [0.3, 0.4) is 0 Å². The number of nitrogens with zero attached hydrogens (tertiary/aromatic N) is 3. The fourth-order valence-electron chi connectivity index (χ4n) is 5.11. The monoisotopic (exact) mass is 511 g/mol. The van der Waals surface area contributed by atoms with E-state index in [9.17, 15) is 18.7 Å². The van der Waals surface area contributed by atoms with Crippen molar-refractivity contribution in [2.24, 2.45) is 5.92 Å². The molecule has 2 saturated heterocycles. The first-order valence-electron chi connectivity index (χ1n) is 12.5. The Kier molecular flexibility index (Phi) is 7.17. The molecule has 0 spiro atoms. The minimum absolute atomic E-state index is 0.0772. The summed E-state index contributed by atoms with van der Waals surface area (Å²) in [5.74, 6) is 1.16. The van der Waals surface area contributed by atoms with Crippen molar-refractivity contribution in [1.82, 2.24) is 19.6 Å². The van der Waals surface area contributed by atoms with E-state index in [-0.39, 0.29) is 17.9 Å². The molecule has 0 aliphatic carbocycles. The predicted molar refractivity (Wildman–Crippen MR) is 141 cm³/mol. The van der Waals surface area contributed by atoms with Gasteiger partial charge in [-0.25, -0.2) is 9.78 Å². The van der Waals surface area contributed by atoms with E-state index in [2.05, 4.69) is 27.8 Å². The number of anilines is 1. The second-order valence-corrected chi connectivity index (χ2v) is 12.2. The van der Waals surface area contributed by atoms with Gasteiger partial charge >= 0.3 is 6.03 Å². The maximum absolute atomic E-state index is 12.9. The molecule has 1 aromatic carbocycles. The molecule has 0 saturated carbocycles. The molecule has 3 aromatic rings. The number of hydrogen-bond acceptors (Lipinski definition) is 5. The van der Waals surface area contributed by atoms with Gasteiger partial charge in [-0.1, -0.05) is 12.1 Å². The number of amides is 3. The molecule has 2 aliphatic rings. The lowest BCUT2D eigenvalue weighted by Gasteiger charge is -2.41. The van der Waals surface area contributed by atoms with E-state index in [4.69, 9.17) is 0 Å². The number of carbonyl (C=O) groups is 2. The van der Waals surface area contributed by atoms with E-state index in [1.165, 1.54) is 5.56 Å². The topological polar surface area (TPSA) is 119 Å². The van der Waals surface area contributed by atoms with Gasteiger partial charge < -0.3 is 19.9 Å². The summed E-state index contributed by atoms with van der Waals surface area (Å²) in [5.41, 5.74) is 3.77. The Morgan fingerprint density at radius 3 is 2.44 bits per heavy atom. The fraction of sp³-hybridized carbons (Fsp3) is 0.423. The molecule has 0 atom stereocenters. The Morgan fingerprint density at radius 1 is 1.00 bits per heavy atom. The highest BCUT2D eigenvalue weighted by Gasteiger charge is 2.33. The first-order valence-corrected chi connectivity index (χ1v) is 14.3.